The molecule has 1 heterocycles. The minimum absolute atomic E-state index is 0. The number of hydrogen-bond donors (Lipinski definition) is 2. The number of hydrogen-bond acceptors (Lipinski definition) is 2. The van der Waals surface area contributed by atoms with Gasteiger partial charge in [-0.05, 0) is 50.8 Å². The Morgan fingerprint density at radius 2 is 1.85 bits per heavy atom. The van der Waals surface area contributed by atoms with E-state index in [1.54, 1.807) is 7.05 Å². The normalized spacial score (nSPS) is 11.2. The van der Waals surface area contributed by atoms with Crippen LogP contribution in [-0.2, 0) is 13.0 Å². The van der Waals surface area contributed by atoms with Crippen molar-refractivity contribution in [2.75, 3.05) is 20.1 Å². The van der Waals surface area contributed by atoms with Gasteiger partial charge in [0, 0.05) is 37.4 Å². The molecule has 7 heteroatoms. The number of nitrogens with one attached hydrogen (secondary N) is 2. The van der Waals surface area contributed by atoms with E-state index in [0.29, 0.717) is 0 Å². The van der Waals surface area contributed by atoms with Crippen LogP contribution in [-0.4, -0.2) is 35.9 Å². The second kappa shape index (κ2) is 12.2. The zero-order valence-electron chi connectivity index (χ0n) is 15.8. The molecule has 1 aromatic heterocycles. The third-order valence-electron chi connectivity index (χ3n) is 4.04. The molecule has 1 aromatic carbocycles. The van der Waals surface area contributed by atoms with Crippen molar-refractivity contribution in [2.24, 2.45) is 4.99 Å². The van der Waals surface area contributed by atoms with Crippen LogP contribution in [0.15, 0.2) is 35.3 Å². The first-order chi connectivity index (χ1) is 12.1. The zero-order chi connectivity index (χ0) is 18.1. The van der Waals surface area contributed by atoms with Crippen molar-refractivity contribution >= 4 is 41.5 Å². The molecule has 0 amide bonds. The molecule has 2 rings (SSSR count). The Bertz CT molecular complexity index is 699. The number of rotatable bonds is 8. The largest absolute Gasteiger partial charge is 0.356 e. The summed E-state index contributed by atoms with van der Waals surface area (Å²) in [7, 11) is 1.80. The van der Waals surface area contributed by atoms with Gasteiger partial charge in [-0.15, -0.1) is 24.0 Å². The Morgan fingerprint density at radius 3 is 2.46 bits per heavy atom. The van der Waals surface area contributed by atoms with Crippen molar-refractivity contribution in [1.82, 2.24) is 20.4 Å². The molecule has 0 saturated heterocycles. The first-order valence-electron chi connectivity index (χ1n) is 8.79. The molecule has 0 aliphatic carbocycles. The van der Waals surface area contributed by atoms with E-state index in [1.807, 2.05) is 25.1 Å². The van der Waals surface area contributed by atoms with Crippen LogP contribution in [0.1, 0.15) is 29.8 Å². The summed E-state index contributed by atoms with van der Waals surface area (Å²) in [6.45, 7) is 6.75. The smallest absolute Gasteiger partial charge is 0.190 e. The highest BCUT2D eigenvalue weighted by atomic mass is 127. The Morgan fingerprint density at radius 1 is 1.15 bits per heavy atom. The number of guanidine groups is 1. The molecule has 0 spiro atoms. The average molecular weight is 490 g/mol. The lowest BCUT2D eigenvalue weighted by atomic mass is 10.1. The van der Waals surface area contributed by atoms with E-state index in [9.17, 15) is 0 Å². The summed E-state index contributed by atoms with van der Waals surface area (Å²) in [4.78, 5) is 4.26. The number of halogens is 2. The van der Waals surface area contributed by atoms with Gasteiger partial charge in [0.15, 0.2) is 5.96 Å². The molecule has 2 aromatic rings. The quantitative estimate of drug-likeness (QED) is 0.255. The van der Waals surface area contributed by atoms with Crippen molar-refractivity contribution in [3.8, 4) is 0 Å². The molecule has 26 heavy (non-hydrogen) atoms. The molecule has 0 unspecified atom stereocenters. The maximum atomic E-state index is 6.18. The molecule has 0 aliphatic rings. The van der Waals surface area contributed by atoms with Crippen LogP contribution >= 0.6 is 35.6 Å². The summed E-state index contributed by atoms with van der Waals surface area (Å²) in [5, 5.41) is 12.0. The van der Waals surface area contributed by atoms with E-state index in [2.05, 4.69) is 44.5 Å². The summed E-state index contributed by atoms with van der Waals surface area (Å²) in [5.74, 6) is 0.840. The fourth-order valence-corrected chi connectivity index (χ4v) is 2.97. The van der Waals surface area contributed by atoms with Crippen LogP contribution in [0, 0.1) is 13.8 Å². The van der Waals surface area contributed by atoms with E-state index >= 15 is 0 Å². The topological polar surface area (TPSA) is 54.2 Å². The Labute approximate surface area is 178 Å². The molecule has 5 nitrogen and oxygen atoms in total. The van der Waals surface area contributed by atoms with Crippen molar-refractivity contribution in [2.45, 2.75) is 39.7 Å². The van der Waals surface area contributed by atoms with Gasteiger partial charge in [-0.25, -0.2) is 0 Å². The van der Waals surface area contributed by atoms with Crippen LogP contribution in [0.2, 0.25) is 5.02 Å². The van der Waals surface area contributed by atoms with Gasteiger partial charge >= 0.3 is 0 Å². The summed E-state index contributed by atoms with van der Waals surface area (Å²) in [6, 6.07) is 10.1. The molecule has 2 N–H and O–H groups in total. The SMILES string of the molecule is CN=C(NCCCc1ccccc1Cl)NCCCn1nc(C)cc1C.I. The van der Waals surface area contributed by atoms with Crippen molar-refractivity contribution < 1.29 is 0 Å². The van der Waals surface area contributed by atoms with E-state index in [-0.39, 0.29) is 24.0 Å². The second-order valence-electron chi connectivity index (χ2n) is 6.12. The van der Waals surface area contributed by atoms with E-state index in [4.69, 9.17) is 11.6 Å². The molecule has 0 fully saturated rings. The lowest BCUT2D eigenvalue weighted by Gasteiger charge is -2.12. The molecular weight excluding hydrogens is 461 g/mol. The minimum atomic E-state index is 0. The summed E-state index contributed by atoms with van der Waals surface area (Å²) >= 11 is 6.18. The maximum Gasteiger partial charge on any atom is 0.190 e. The van der Waals surface area contributed by atoms with Crippen molar-refractivity contribution in [3.05, 3.63) is 52.3 Å². The van der Waals surface area contributed by atoms with E-state index in [1.165, 1.54) is 11.3 Å². The second-order valence-corrected chi connectivity index (χ2v) is 6.53. The van der Waals surface area contributed by atoms with E-state index in [0.717, 1.165) is 55.6 Å². The predicted octanol–water partition coefficient (Wildman–Crippen LogP) is 3.96. The zero-order valence-corrected chi connectivity index (χ0v) is 18.8. The highest BCUT2D eigenvalue weighted by Crippen LogP contribution is 2.16. The van der Waals surface area contributed by atoms with Crippen LogP contribution in [0.5, 0.6) is 0 Å². The van der Waals surface area contributed by atoms with Gasteiger partial charge in [-0.1, -0.05) is 29.8 Å². The van der Waals surface area contributed by atoms with Crippen molar-refractivity contribution in [3.63, 3.8) is 0 Å². The first kappa shape index (κ1) is 22.8. The molecule has 0 atom stereocenters. The highest BCUT2D eigenvalue weighted by Gasteiger charge is 2.02. The van der Waals surface area contributed by atoms with Gasteiger partial charge in [0.1, 0.15) is 0 Å². The number of aliphatic imine (C=N–C) groups is 1. The highest BCUT2D eigenvalue weighted by molar-refractivity contribution is 14.0. The van der Waals surface area contributed by atoms with Gasteiger partial charge < -0.3 is 10.6 Å². The fourth-order valence-electron chi connectivity index (χ4n) is 2.74. The van der Waals surface area contributed by atoms with Gasteiger partial charge in [0.2, 0.25) is 0 Å². The molecule has 0 bridgehead atoms. The molecular formula is C19H29ClIN5. The number of nitrogens with zero attached hydrogens (tertiary/aromatic N) is 3. The van der Waals surface area contributed by atoms with Gasteiger partial charge in [-0.3, -0.25) is 9.67 Å². The van der Waals surface area contributed by atoms with Gasteiger partial charge in [-0.2, -0.15) is 5.10 Å². The van der Waals surface area contributed by atoms with Crippen LogP contribution < -0.4 is 10.6 Å². The van der Waals surface area contributed by atoms with Crippen LogP contribution in [0.3, 0.4) is 0 Å². The Hall–Kier alpha value is -1.28. The van der Waals surface area contributed by atoms with E-state index < -0.39 is 0 Å². The molecule has 0 saturated carbocycles. The van der Waals surface area contributed by atoms with Crippen LogP contribution in [0.4, 0.5) is 0 Å². The third-order valence-corrected chi connectivity index (χ3v) is 4.41. The summed E-state index contributed by atoms with van der Waals surface area (Å²) in [6.07, 6.45) is 2.97. The lowest BCUT2D eigenvalue weighted by molar-refractivity contribution is 0.555. The standard InChI is InChI=1S/C19H28ClN5.HI/c1-15-14-16(2)25(24-15)13-7-12-23-19(21-3)22-11-6-9-17-8-4-5-10-18(17)20;/h4-5,8,10,14H,6-7,9,11-13H2,1-3H3,(H2,21,22,23);1H. The number of aromatic nitrogens is 2. The lowest BCUT2D eigenvalue weighted by Crippen LogP contribution is -2.38. The maximum absolute atomic E-state index is 6.18. The minimum Gasteiger partial charge on any atom is -0.356 e. The fraction of sp³-hybridized carbons (Fsp3) is 0.474. The van der Waals surface area contributed by atoms with Crippen LogP contribution in [0.25, 0.3) is 0 Å². The van der Waals surface area contributed by atoms with Gasteiger partial charge in [0.25, 0.3) is 0 Å². The van der Waals surface area contributed by atoms with Crippen molar-refractivity contribution in [1.29, 1.82) is 0 Å². The summed E-state index contributed by atoms with van der Waals surface area (Å²) < 4.78 is 2.05. The summed E-state index contributed by atoms with van der Waals surface area (Å²) in [5.41, 5.74) is 3.47. The third kappa shape index (κ3) is 7.53. The predicted molar refractivity (Wildman–Crippen MR) is 121 cm³/mol. The Kier molecular flexibility index (Phi) is 10.7. The molecule has 0 radical (unpaired) electrons. The average Bonchev–Trinajstić information content (AvgIpc) is 2.92. The monoisotopic (exact) mass is 489 g/mol. The molecule has 144 valence electrons. The Balaban J connectivity index is 0.00000338. The first-order valence-corrected chi connectivity index (χ1v) is 9.17. The number of benzene rings is 1. The van der Waals surface area contributed by atoms with Gasteiger partial charge in [0.05, 0.1) is 5.69 Å². The number of aryl methyl sites for hydroxylation is 4. The molecule has 0 aliphatic heterocycles.